The van der Waals surface area contributed by atoms with Crippen LogP contribution in [0.1, 0.15) is 122 Å². The molecule has 18 heteroatoms. The zero-order valence-corrected chi connectivity index (χ0v) is 36.7. The average Bonchev–Trinajstić information content (AvgIpc) is 3.40. The van der Waals surface area contributed by atoms with Gasteiger partial charge in [-0.3, -0.25) is 38.4 Å². The first kappa shape index (κ1) is 46.7. The maximum atomic E-state index is 14.0. The van der Waals surface area contributed by atoms with Gasteiger partial charge in [-0.1, -0.05) is 27.7 Å². The normalized spacial score (nSPS) is 28.2. The molecule has 0 radical (unpaired) electrons. The predicted octanol–water partition coefficient (Wildman–Crippen LogP) is 1.74. The van der Waals surface area contributed by atoms with Crippen LogP contribution in [0.5, 0.6) is 0 Å². The summed E-state index contributed by atoms with van der Waals surface area (Å²) in [6, 6.07) is -0.789. The summed E-state index contributed by atoms with van der Waals surface area (Å²) in [6.45, 7) is 22.7. The average molecular weight is 819 g/mol. The van der Waals surface area contributed by atoms with Crippen LogP contribution in [-0.4, -0.2) is 116 Å². The second-order valence-electron chi connectivity index (χ2n) is 19.6. The topological polar surface area (TPSA) is 216 Å². The van der Waals surface area contributed by atoms with E-state index in [1.165, 1.54) is 6.92 Å². The molecular weight excluding hydrogens is 752 g/mol. The number of nitrogens with zero attached hydrogens (tertiary/aromatic N) is 4. The quantitative estimate of drug-likeness (QED) is 0.173. The fourth-order valence-electron chi connectivity index (χ4n) is 10.6. The van der Waals surface area contributed by atoms with Gasteiger partial charge in [0.25, 0.3) is 23.6 Å². The Morgan fingerprint density at radius 3 is 1.31 bits per heavy atom. The smallest absolute Gasteiger partial charge is 0.328 e. The van der Waals surface area contributed by atoms with Gasteiger partial charge in [0, 0.05) is 40.2 Å². The Balaban J connectivity index is 1.41. The maximum absolute atomic E-state index is 14.0. The molecule has 4 heterocycles. The summed E-state index contributed by atoms with van der Waals surface area (Å²) in [5, 5.41) is 10.4. The second-order valence-corrected chi connectivity index (χ2v) is 19.6. The number of rotatable bonds is 11. The number of imide groups is 2. The van der Waals surface area contributed by atoms with E-state index in [4.69, 9.17) is 9.68 Å². The van der Waals surface area contributed by atoms with Crippen LogP contribution in [0.4, 0.5) is 0 Å². The Morgan fingerprint density at radius 2 is 0.948 bits per heavy atom. The molecule has 4 rings (SSSR count). The van der Waals surface area contributed by atoms with Crippen LogP contribution in [0.2, 0.25) is 0 Å². The Labute approximate surface area is 342 Å². The molecule has 4 fully saturated rings. The zero-order valence-electron chi connectivity index (χ0n) is 36.7. The maximum Gasteiger partial charge on any atom is 0.328 e. The van der Waals surface area contributed by atoms with Crippen LogP contribution in [0.25, 0.3) is 0 Å². The molecule has 8 amide bonds. The molecule has 18 nitrogen and oxygen atoms in total. The second kappa shape index (κ2) is 16.9. The summed E-state index contributed by atoms with van der Waals surface area (Å²) in [6.07, 6.45) is 2.16. The van der Waals surface area contributed by atoms with Crippen molar-refractivity contribution in [3.63, 3.8) is 0 Å². The first-order chi connectivity index (χ1) is 26.6. The molecule has 4 saturated heterocycles. The van der Waals surface area contributed by atoms with Crippen LogP contribution in [0.3, 0.4) is 0 Å². The number of nitrogens with one attached hydrogen (secondary N) is 4. The van der Waals surface area contributed by atoms with E-state index in [2.05, 4.69) is 21.5 Å². The van der Waals surface area contributed by atoms with Gasteiger partial charge in [-0.25, -0.2) is 10.9 Å². The first-order valence-electron chi connectivity index (χ1n) is 20.3. The summed E-state index contributed by atoms with van der Waals surface area (Å²) in [5.74, 6) is -11.7. The zero-order chi connectivity index (χ0) is 44.0. The minimum atomic E-state index is -1.18. The van der Waals surface area contributed by atoms with E-state index in [9.17, 15) is 38.4 Å². The van der Waals surface area contributed by atoms with Gasteiger partial charge in [-0.15, -0.1) is 0 Å². The van der Waals surface area contributed by atoms with Gasteiger partial charge < -0.3 is 20.3 Å². The first-order valence-corrected chi connectivity index (χ1v) is 20.3. The number of hydroxylamine groups is 4. The molecule has 4 aliphatic heterocycles. The minimum Gasteiger partial charge on any atom is -0.345 e. The Morgan fingerprint density at radius 1 is 0.586 bits per heavy atom. The van der Waals surface area contributed by atoms with Crippen LogP contribution < -0.4 is 21.5 Å². The molecule has 0 aliphatic carbocycles. The lowest BCUT2D eigenvalue weighted by Crippen LogP contribution is -2.64. The highest BCUT2D eigenvalue weighted by molar-refractivity contribution is 6.36. The molecule has 0 aromatic heterocycles. The summed E-state index contributed by atoms with van der Waals surface area (Å²) in [5.41, 5.74) is 2.54. The van der Waals surface area contributed by atoms with E-state index < -0.39 is 111 Å². The number of piperidine rings is 2. The highest BCUT2D eigenvalue weighted by atomic mass is 16.7. The van der Waals surface area contributed by atoms with Gasteiger partial charge in [0.05, 0.1) is 32.0 Å². The fraction of sp³-hybridized carbons (Fsp3) is 0.800. The third kappa shape index (κ3) is 9.39. The van der Waals surface area contributed by atoms with Gasteiger partial charge >= 0.3 is 23.6 Å². The van der Waals surface area contributed by atoms with Gasteiger partial charge in [0.2, 0.25) is 0 Å². The number of hydrazine groups is 2. The van der Waals surface area contributed by atoms with E-state index in [0.29, 0.717) is 35.7 Å². The summed E-state index contributed by atoms with van der Waals surface area (Å²) < 4.78 is 0. The third-order valence-corrected chi connectivity index (χ3v) is 12.2. The number of hydrogen-bond donors (Lipinski definition) is 4. The van der Waals surface area contributed by atoms with Crippen molar-refractivity contribution < 1.29 is 48.0 Å². The van der Waals surface area contributed by atoms with Crippen LogP contribution >= 0.6 is 0 Å². The molecule has 58 heavy (non-hydrogen) atoms. The molecule has 5 unspecified atom stereocenters. The molecule has 4 aliphatic rings. The highest BCUT2D eigenvalue weighted by Crippen LogP contribution is 2.42. The molecule has 0 spiro atoms. The predicted molar refractivity (Wildman–Crippen MR) is 209 cm³/mol. The standard InChI is InChI=1S/C40H66N8O10/c1-21(2)15-27-28(36(56)46(35(27)55)44-32(52)30(50)42-25-19-39(9,10)48(58-14)40(11,12)20-25)22(3)16-26-23(4)33(53)45(34(26)54)43-31(51)29(49)41-24-17-37(5,6)47(57-13)38(7,8)18-24/h21-28H,15-20H2,1-14H3,(H,41,49)(H,42,50)(H,43,51)(H,44,52). The molecule has 326 valence electrons. The van der Waals surface area contributed by atoms with Crippen LogP contribution in [-0.2, 0) is 48.0 Å². The SMILES string of the molecule is CON1C(C)(C)CC(NC(=O)C(=O)NN2C(=O)C(C)C(CC(C)C3C(=O)N(NC(=O)C(=O)NC4CC(C)(C)N(OC)C(C)(C)C4)C(=O)C3CC(C)C)C2=O)CC1(C)C. The van der Waals surface area contributed by atoms with Crippen LogP contribution in [0.15, 0.2) is 0 Å². The van der Waals surface area contributed by atoms with Crippen molar-refractivity contribution in [2.75, 3.05) is 14.2 Å². The minimum absolute atomic E-state index is 0.0150. The Hall–Kier alpha value is -4.00. The van der Waals surface area contributed by atoms with E-state index in [-0.39, 0.29) is 18.8 Å². The lowest BCUT2D eigenvalue weighted by molar-refractivity contribution is -0.267. The molecule has 0 aromatic rings. The van der Waals surface area contributed by atoms with Crippen molar-refractivity contribution in [1.29, 1.82) is 0 Å². The van der Waals surface area contributed by atoms with E-state index >= 15 is 0 Å². The largest absolute Gasteiger partial charge is 0.345 e. The van der Waals surface area contributed by atoms with Crippen molar-refractivity contribution >= 4 is 47.3 Å². The molecule has 4 N–H and O–H groups in total. The monoisotopic (exact) mass is 818 g/mol. The van der Waals surface area contributed by atoms with E-state index in [0.717, 1.165) is 0 Å². The van der Waals surface area contributed by atoms with Crippen molar-refractivity contribution in [1.82, 2.24) is 41.6 Å². The molecule has 5 atom stereocenters. The Bertz CT molecular complexity index is 1640. The van der Waals surface area contributed by atoms with E-state index in [1.807, 2.05) is 79.4 Å². The molecule has 0 aromatic carbocycles. The number of hydrogen-bond acceptors (Lipinski definition) is 12. The van der Waals surface area contributed by atoms with Crippen LogP contribution in [0, 0.1) is 35.5 Å². The van der Waals surface area contributed by atoms with Crippen molar-refractivity contribution in [2.24, 2.45) is 35.5 Å². The third-order valence-electron chi connectivity index (χ3n) is 12.2. The molecule has 0 bridgehead atoms. The van der Waals surface area contributed by atoms with E-state index in [1.54, 1.807) is 21.1 Å². The molecule has 0 saturated carbocycles. The number of carbonyl (C=O) groups excluding carboxylic acids is 8. The Kier molecular flexibility index (Phi) is 13.6. The van der Waals surface area contributed by atoms with Gasteiger partial charge in [-0.05, 0) is 106 Å². The summed E-state index contributed by atoms with van der Waals surface area (Å²) in [7, 11) is 3.16. The lowest BCUT2D eigenvalue weighted by atomic mass is 9.75. The van der Waals surface area contributed by atoms with Gasteiger partial charge in [0.1, 0.15) is 0 Å². The van der Waals surface area contributed by atoms with Crippen molar-refractivity contribution in [3.05, 3.63) is 0 Å². The van der Waals surface area contributed by atoms with Crippen molar-refractivity contribution in [3.8, 4) is 0 Å². The summed E-state index contributed by atoms with van der Waals surface area (Å²) >= 11 is 0. The lowest BCUT2D eigenvalue weighted by Gasteiger charge is -2.53. The van der Waals surface area contributed by atoms with Crippen molar-refractivity contribution in [2.45, 2.75) is 156 Å². The number of carbonyl (C=O) groups is 8. The van der Waals surface area contributed by atoms with Gasteiger partial charge in [-0.2, -0.15) is 20.1 Å². The molecular formula is C40H66N8O10. The highest BCUT2D eigenvalue weighted by Gasteiger charge is 2.54. The number of amides is 8. The van der Waals surface area contributed by atoms with Gasteiger partial charge in [0.15, 0.2) is 0 Å². The fourth-order valence-corrected chi connectivity index (χ4v) is 10.6. The summed E-state index contributed by atoms with van der Waals surface area (Å²) in [4.78, 5) is 119.